The van der Waals surface area contributed by atoms with Gasteiger partial charge in [-0.1, -0.05) is 39.8 Å². The van der Waals surface area contributed by atoms with Gasteiger partial charge in [0.15, 0.2) is 22.5 Å². The van der Waals surface area contributed by atoms with Crippen LogP contribution in [0.4, 0.5) is 4.39 Å². The van der Waals surface area contributed by atoms with Crippen LogP contribution in [-0.2, 0) is 12.3 Å². The normalized spacial score (nSPS) is 10.8. The SMILES string of the molecule is CCOc1cc(C(=O)NCc2nnc(SCc3ccc(Br)cc3)n2-c2ccc(F)cc2)cc(OCC)c1OCC. The van der Waals surface area contributed by atoms with Gasteiger partial charge in [-0.15, -0.1) is 10.2 Å². The fraction of sp³-hybridized carbons (Fsp3) is 0.276. The van der Waals surface area contributed by atoms with Crippen LogP contribution in [0.5, 0.6) is 17.2 Å². The Morgan fingerprint density at radius 2 is 1.55 bits per heavy atom. The molecule has 1 N–H and O–H groups in total. The lowest BCUT2D eigenvalue weighted by molar-refractivity contribution is 0.0948. The number of hydrogen-bond acceptors (Lipinski definition) is 7. The zero-order valence-corrected chi connectivity index (χ0v) is 24.9. The van der Waals surface area contributed by atoms with Crippen LogP contribution in [-0.4, -0.2) is 40.5 Å². The van der Waals surface area contributed by atoms with E-state index in [4.69, 9.17) is 14.2 Å². The van der Waals surface area contributed by atoms with Crippen molar-refractivity contribution in [1.82, 2.24) is 20.1 Å². The molecule has 0 saturated carbocycles. The van der Waals surface area contributed by atoms with E-state index in [2.05, 4.69) is 31.4 Å². The van der Waals surface area contributed by atoms with E-state index >= 15 is 0 Å². The topological polar surface area (TPSA) is 87.5 Å². The van der Waals surface area contributed by atoms with Crippen LogP contribution in [0.3, 0.4) is 0 Å². The molecule has 1 aromatic heterocycles. The van der Waals surface area contributed by atoms with E-state index in [1.807, 2.05) is 49.6 Å². The fourth-order valence-corrected chi connectivity index (χ4v) is 5.06. The van der Waals surface area contributed by atoms with Gasteiger partial charge in [-0.2, -0.15) is 0 Å². The second-order valence-corrected chi connectivity index (χ2v) is 10.3. The first-order chi connectivity index (χ1) is 19.4. The van der Waals surface area contributed by atoms with Crippen molar-refractivity contribution in [3.05, 3.63) is 87.9 Å². The summed E-state index contributed by atoms with van der Waals surface area (Å²) in [5.41, 5.74) is 2.16. The van der Waals surface area contributed by atoms with Crippen molar-refractivity contribution in [1.29, 1.82) is 0 Å². The van der Waals surface area contributed by atoms with Gasteiger partial charge in [0, 0.05) is 21.5 Å². The number of nitrogens with one attached hydrogen (secondary N) is 1. The molecule has 3 aromatic carbocycles. The Morgan fingerprint density at radius 3 is 2.15 bits per heavy atom. The second kappa shape index (κ2) is 14.2. The van der Waals surface area contributed by atoms with Crippen LogP contribution >= 0.6 is 27.7 Å². The number of amides is 1. The number of hydrogen-bond donors (Lipinski definition) is 1. The van der Waals surface area contributed by atoms with E-state index in [0.29, 0.717) is 65.1 Å². The van der Waals surface area contributed by atoms with Gasteiger partial charge >= 0.3 is 0 Å². The third-order valence-electron chi connectivity index (χ3n) is 5.64. The summed E-state index contributed by atoms with van der Waals surface area (Å²) in [4.78, 5) is 13.3. The number of ether oxygens (including phenoxy) is 3. The van der Waals surface area contributed by atoms with Gasteiger partial charge in [0.05, 0.1) is 26.4 Å². The minimum atomic E-state index is -0.346. The largest absolute Gasteiger partial charge is 0.490 e. The quantitative estimate of drug-likeness (QED) is 0.167. The summed E-state index contributed by atoms with van der Waals surface area (Å²) in [6, 6.07) is 17.4. The molecule has 0 atom stereocenters. The minimum absolute atomic E-state index is 0.0865. The lowest BCUT2D eigenvalue weighted by Gasteiger charge is -2.17. The van der Waals surface area contributed by atoms with E-state index in [1.165, 1.54) is 23.9 Å². The predicted molar refractivity (Wildman–Crippen MR) is 156 cm³/mol. The molecule has 8 nitrogen and oxygen atoms in total. The summed E-state index contributed by atoms with van der Waals surface area (Å²) < 4.78 is 33.7. The molecule has 4 rings (SSSR count). The van der Waals surface area contributed by atoms with Crippen LogP contribution in [0.2, 0.25) is 0 Å². The molecule has 1 amide bonds. The van der Waals surface area contributed by atoms with Gasteiger partial charge in [0.2, 0.25) is 5.75 Å². The average molecular weight is 630 g/mol. The van der Waals surface area contributed by atoms with E-state index in [1.54, 1.807) is 24.3 Å². The smallest absolute Gasteiger partial charge is 0.251 e. The monoisotopic (exact) mass is 628 g/mol. The van der Waals surface area contributed by atoms with Crippen molar-refractivity contribution >= 4 is 33.6 Å². The number of aromatic nitrogens is 3. The van der Waals surface area contributed by atoms with E-state index in [9.17, 15) is 9.18 Å². The molecule has 210 valence electrons. The highest BCUT2D eigenvalue weighted by molar-refractivity contribution is 9.10. The van der Waals surface area contributed by atoms with Crippen LogP contribution < -0.4 is 19.5 Å². The first-order valence-corrected chi connectivity index (χ1v) is 14.6. The number of nitrogens with zero attached hydrogens (tertiary/aromatic N) is 3. The van der Waals surface area contributed by atoms with E-state index < -0.39 is 0 Å². The molecule has 0 aliphatic heterocycles. The maximum Gasteiger partial charge on any atom is 0.251 e. The number of thioether (sulfide) groups is 1. The standard InChI is InChI=1S/C29H30BrFN4O4S/c1-4-37-24-15-20(16-25(38-5-2)27(24)39-6-3)28(36)32-17-26-33-34-29(35(26)23-13-11-22(31)12-14-23)40-18-19-7-9-21(30)10-8-19/h7-16H,4-6,17-18H2,1-3H3,(H,32,36). The summed E-state index contributed by atoms with van der Waals surface area (Å²) in [5, 5.41) is 12.3. The highest BCUT2D eigenvalue weighted by atomic mass is 79.9. The molecule has 0 aliphatic rings. The third kappa shape index (κ3) is 7.33. The van der Waals surface area contributed by atoms with Crippen molar-refractivity contribution in [3.8, 4) is 22.9 Å². The highest BCUT2D eigenvalue weighted by Crippen LogP contribution is 2.39. The summed E-state index contributed by atoms with van der Waals surface area (Å²) in [7, 11) is 0. The zero-order chi connectivity index (χ0) is 28.5. The van der Waals surface area contributed by atoms with Crippen molar-refractivity contribution in [2.45, 2.75) is 38.2 Å². The Morgan fingerprint density at radius 1 is 0.925 bits per heavy atom. The lowest BCUT2D eigenvalue weighted by atomic mass is 10.1. The maximum absolute atomic E-state index is 13.7. The molecule has 40 heavy (non-hydrogen) atoms. The van der Waals surface area contributed by atoms with Crippen LogP contribution in [0.15, 0.2) is 70.3 Å². The Kier molecular flexibility index (Phi) is 10.4. The summed E-state index contributed by atoms with van der Waals surface area (Å²) >= 11 is 4.95. The molecule has 4 aromatic rings. The van der Waals surface area contributed by atoms with Gasteiger partial charge in [-0.3, -0.25) is 9.36 Å². The molecule has 0 saturated heterocycles. The number of benzene rings is 3. The highest BCUT2D eigenvalue weighted by Gasteiger charge is 2.20. The van der Waals surface area contributed by atoms with Crippen LogP contribution in [0, 0.1) is 5.82 Å². The van der Waals surface area contributed by atoms with Crippen molar-refractivity contribution in [3.63, 3.8) is 0 Å². The summed E-state index contributed by atoms with van der Waals surface area (Å²) in [6.45, 7) is 6.90. The number of halogens is 2. The van der Waals surface area contributed by atoms with Crippen molar-refractivity contribution in [2.24, 2.45) is 0 Å². The van der Waals surface area contributed by atoms with E-state index in [-0.39, 0.29) is 18.3 Å². The molecule has 0 spiro atoms. The molecule has 0 fully saturated rings. The maximum atomic E-state index is 13.7. The third-order valence-corrected chi connectivity index (χ3v) is 7.17. The Hall–Kier alpha value is -3.57. The molecule has 0 unspecified atom stereocenters. The van der Waals surface area contributed by atoms with E-state index in [0.717, 1.165) is 10.0 Å². The van der Waals surface area contributed by atoms with Gasteiger partial charge in [-0.05, 0) is 74.9 Å². The number of rotatable bonds is 13. The number of carbonyl (C=O) groups excluding carboxylic acids is 1. The van der Waals surface area contributed by atoms with Gasteiger partial charge in [0.1, 0.15) is 5.82 Å². The predicted octanol–water partition coefficient (Wildman–Crippen LogP) is 6.59. The molecular weight excluding hydrogens is 599 g/mol. The second-order valence-electron chi connectivity index (χ2n) is 8.41. The summed E-state index contributed by atoms with van der Waals surface area (Å²) in [5.74, 6) is 1.80. The molecule has 11 heteroatoms. The van der Waals surface area contributed by atoms with Crippen LogP contribution in [0.25, 0.3) is 5.69 Å². The Bertz CT molecular complexity index is 1400. The molecule has 0 radical (unpaired) electrons. The first-order valence-electron chi connectivity index (χ1n) is 12.9. The van der Waals surface area contributed by atoms with Gasteiger partial charge in [-0.25, -0.2) is 4.39 Å². The molecular formula is C29H30BrFN4O4S. The summed E-state index contributed by atoms with van der Waals surface area (Å²) in [6.07, 6.45) is 0. The molecule has 1 heterocycles. The lowest BCUT2D eigenvalue weighted by Crippen LogP contribution is -2.25. The molecule has 0 aliphatic carbocycles. The fourth-order valence-electron chi connectivity index (χ4n) is 3.87. The van der Waals surface area contributed by atoms with Gasteiger partial charge < -0.3 is 19.5 Å². The average Bonchev–Trinajstić information content (AvgIpc) is 3.36. The Labute approximate surface area is 245 Å². The molecule has 0 bridgehead atoms. The van der Waals surface area contributed by atoms with Crippen molar-refractivity contribution < 1.29 is 23.4 Å². The van der Waals surface area contributed by atoms with Crippen LogP contribution in [0.1, 0.15) is 42.5 Å². The minimum Gasteiger partial charge on any atom is -0.490 e. The zero-order valence-electron chi connectivity index (χ0n) is 22.4. The van der Waals surface area contributed by atoms with Crippen molar-refractivity contribution in [2.75, 3.05) is 19.8 Å². The number of carbonyl (C=O) groups is 1. The van der Waals surface area contributed by atoms with Gasteiger partial charge in [0.25, 0.3) is 5.91 Å². The first kappa shape index (κ1) is 29.4. The Balaban J connectivity index is 1.58.